The number of benzene rings is 2. The van der Waals surface area contributed by atoms with E-state index >= 15 is 0 Å². The lowest BCUT2D eigenvalue weighted by atomic mass is 10.2. The van der Waals surface area contributed by atoms with Crippen molar-refractivity contribution in [2.24, 2.45) is 0 Å². The fourth-order valence-corrected chi connectivity index (χ4v) is 3.73. The van der Waals surface area contributed by atoms with E-state index in [4.69, 9.17) is 4.74 Å². The zero-order valence-electron chi connectivity index (χ0n) is 14.3. The van der Waals surface area contributed by atoms with E-state index in [9.17, 15) is 9.90 Å². The summed E-state index contributed by atoms with van der Waals surface area (Å²) >= 11 is 1.15. The first kappa shape index (κ1) is 17.0. The number of hydrogen-bond acceptors (Lipinski definition) is 6. The Labute approximate surface area is 159 Å². The van der Waals surface area contributed by atoms with Crippen LogP contribution in [0.1, 0.15) is 15.2 Å². The lowest BCUT2D eigenvalue weighted by molar-refractivity contribution is 0.0701. The van der Waals surface area contributed by atoms with Crippen molar-refractivity contribution >= 4 is 39.0 Å². The molecule has 2 heterocycles. The van der Waals surface area contributed by atoms with Crippen LogP contribution in [0.5, 0.6) is 11.5 Å². The number of carbonyl (C=O) groups is 1. The van der Waals surface area contributed by atoms with E-state index in [-0.39, 0.29) is 4.88 Å². The Balaban J connectivity index is 1.60. The van der Waals surface area contributed by atoms with Gasteiger partial charge in [-0.15, -0.1) is 11.3 Å². The van der Waals surface area contributed by atoms with Crippen molar-refractivity contribution in [1.82, 2.24) is 9.97 Å². The Morgan fingerprint density at radius 2 is 1.74 bits per heavy atom. The smallest absolute Gasteiger partial charge is 0.346 e. The van der Waals surface area contributed by atoms with Gasteiger partial charge in [0.2, 0.25) is 0 Å². The summed E-state index contributed by atoms with van der Waals surface area (Å²) in [5.74, 6) is 1.12. The first-order valence-corrected chi connectivity index (χ1v) is 9.01. The van der Waals surface area contributed by atoms with Crippen molar-refractivity contribution in [2.45, 2.75) is 6.92 Å². The molecule has 134 valence electrons. The molecule has 0 bridgehead atoms. The first-order chi connectivity index (χ1) is 13.1. The summed E-state index contributed by atoms with van der Waals surface area (Å²) in [5, 5.41) is 13.3. The molecule has 0 unspecified atom stereocenters. The van der Waals surface area contributed by atoms with E-state index in [1.165, 1.54) is 6.33 Å². The van der Waals surface area contributed by atoms with Gasteiger partial charge in [-0.1, -0.05) is 18.2 Å². The van der Waals surface area contributed by atoms with Crippen LogP contribution in [0.4, 0.5) is 11.5 Å². The van der Waals surface area contributed by atoms with Crippen LogP contribution in [0.3, 0.4) is 0 Å². The number of nitrogens with one attached hydrogen (secondary N) is 1. The molecule has 0 aliphatic carbocycles. The van der Waals surface area contributed by atoms with Crippen LogP contribution in [0.25, 0.3) is 10.2 Å². The summed E-state index contributed by atoms with van der Waals surface area (Å²) in [6.45, 7) is 1.77. The molecule has 0 atom stereocenters. The highest BCUT2D eigenvalue weighted by atomic mass is 32.1. The molecule has 0 fully saturated rings. The Morgan fingerprint density at radius 1 is 1.04 bits per heavy atom. The number of aromatic carboxylic acids is 1. The minimum atomic E-state index is -0.955. The third kappa shape index (κ3) is 3.45. The Hall–Kier alpha value is -3.45. The fourth-order valence-electron chi connectivity index (χ4n) is 2.74. The third-order valence-corrected chi connectivity index (χ3v) is 5.20. The van der Waals surface area contributed by atoms with Crippen LogP contribution in [0.15, 0.2) is 60.9 Å². The standard InChI is InChI=1S/C20H15N3O3S/c1-12-16-18(21-11-22-19(16)27-17(12)20(24)25)23-13-7-9-15(10-8-13)26-14-5-3-2-4-6-14/h2-11H,1H3,(H,24,25)(H,21,22,23). The summed E-state index contributed by atoms with van der Waals surface area (Å²) in [7, 11) is 0. The van der Waals surface area contributed by atoms with Gasteiger partial charge in [0.25, 0.3) is 0 Å². The van der Waals surface area contributed by atoms with Crippen LogP contribution in [0, 0.1) is 6.92 Å². The topological polar surface area (TPSA) is 84.3 Å². The molecular weight excluding hydrogens is 362 g/mol. The Morgan fingerprint density at radius 3 is 2.44 bits per heavy atom. The maximum absolute atomic E-state index is 11.4. The minimum Gasteiger partial charge on any atom is -0.477 e. The van der Waals surface area contributed by atoms with Gasteiger partial charge in [0.05, 0.1) is 5.39 Å². The molecule has 0 radical (unpaired) electrons. The lowest BCUT2D eigenvalue weighted by Crippen LogP contribution is -1.97. The number of hydrogen-bond donors (Lipinski definition) is 2. The van der Waals surface area contributed by atoms with Crippen LogP contribution in [-0.2, 0) is 0 Å². The van der Waals surface area contributed by atoms with E-state index in [0.29, 0.717) is 16.2 Å². The second-order valence-electron chi connectivity index (χ2n) is 5.83. The molecule has 0 saturated heterocycles. The average molecular weight is 377 g/mol. The molecule has 27 heavy (non-hydrogen) atoms. The zero-order valence-corrected chi connectivity index (χ0v) is 15.2. The van der Waals surface area contributed by atoms with Gasteiger partial charge in [0.1, 0.15) is 33.4 Å². The second kappa shape index (κ2) is 7.05. The quantitative estimate of drug-likeness (QED) is 0.495. The molecule has 6 nitrogen and oxygen atoms in total. The number of nitrogens with zero attached hydrogens (tertiary/aromatic N) is 2. The lowest BCUT2D eigenvalue weighted by Gasteiger charge is -2.09. The summed E-state index contributed by atoms with van der Waals surface area (Å²) in [5.41, 5.74) is 1.48. The fraction of sp³-hybridized carbons (Fsp3) is 0.0500. The monoisotopic (exact) mass is 377 g/mol. The summed E-state index contributed by atoms with van der Waals surface area (Å²) in [4.78, 5) is 20.8. The molecule has 7 heteroatoms. The SMILES string of the molecule is Cc1c(C(=O)O)sc2ncnc(Nc3ccc(Oc4ccccc4)cc3)c12. The molecule has 2 aromatic carbocycles. The van der Waals surface area contributed by atoms with Gasteiger partial charge in [-0.2, -0.15) is 0 Å². The van der Waals surface area contributed by atoms with E-state index in [1.54, 1.807) is 6.92 Å². The van der Waals surface area contributed by atoms with Crippen molar-refractivity contribution in [3.05, 3.63) is 71.4 Å². The van der Waals surface area contributed by atoms with Gasteiger partial charge in [0, 0.05) is 5.69 Å². The van der Waals surface area contributed by atoms with Crippen LogP contribution in [-0.4, -0.2) is 21.0 Å². The number of aromatic nitrogens is 2. The highest BCUT2D eigenvalue weighted by Crippen LogP contribution is 2.34. The van der Waals surface area contributed by atoms with Crippen molar-refractivity contribution in [3.63, 3.8) is 0 Å². The molecule has 2 aromatic heterocycles. The molecule has 2 N–H and O–H groups in total. The van der Waals surface area contributed by atoms with E-state index in [1.807, 2.05) is 54.6 Å². The molecular formula is C20H15N3O3S. The summed E-state index contributed by atoms with van der Waals surface area (Å²) < 4.78 is 5.79. The molecule has 0 saturated carbocycles. The third-order valence-electron chi connectivity index (χ3n) is 4.02. The van der Waals surface area contributed by atoms with E-state index < -0.39 is 5.97 Å². The van der Waals surface area contributed by atoms with Gasteiger partial charge in [-0.25, -0.2) is 14.8 Å². The van der Waals surface area contributed by atoms with Gasteiger partial charge in [-0.05, 0) is 48.9 Å². The average Bonchev–Trinajstić information content (AvgIpc) is 3.02. The van der Waals surface area contributed by atoms with Crippen molar-refractivity contribution in [2.75, 3.05) is 5.32 Å². The Kier molecular flexibility index (Phi) is 4.43. The highest BCUT2D eigenvalue weighted by molar-refractivity contribution is 7.20. The number of rotatable bonds is 5. The predicted molar refractivity (Wildman–Crippen MR) is 105 cm³/mol. The van der Waals surface area contributed by atoms with E-state index in [2.05, 4.69) is 15.3 Å². The molecule has 4 rings (SSSR count). The summed E-state index contributed by atoms with van der Waals surface area (Å²) in [6, 6.07) is 17.0. The molecule has 0 amide bonds. The van der Waals surface area contributed by atoms with Crippen molar-refractivity contribution < 1.29 is 14.6 Å². The number of carboxylic acid groups (broad SMARTS) is 1. The van der Waals surface area contributed by atoms with Gasteiger partial charge >= 0.3 is 5.97 Å². The number of fused-ring (bicyclic) bond motifs is 1. The molecule has 0 aliphatic rings. The van der Waals surface area contributed by atoms with Gasteiger partial charge in [0.15, 0.2) is 0 Å². The minimum absolute atomic E-state index is 0.278. The maximum Gasteiger partial charge on any atom is 0.346 e. The number of thiophene rings is 1. The number of carboxylic acids is 1. The highest BCUT2D eigenvalue weighted by Gasteiger charge is 2.18. The molecule has 0 aliphatic heterocycles. The predicted octanol–water partition coefficient (Wildman–Crippen LogP) is 5.23. The van der Waals surface area contributed by atoms with Crippen molar-refractivity contribution in [1.29, 1.82) is 0 Å². The Bertz CT molecular complexity index is 1110. The molecule has 4 aromatic rings. The van der Waals surface area contributed by atoms with Crippen LogP contribution >= 0.6 is 11.3 Å². The number of anilines is 2. The normalized spacial score (nSPS) is 10.7. The van der Waals surface area contributed by atoms with Crippen LogP contribution in [0.2, 0.25) is 0 Å². The van der Waals surface area contributed by atoms with Gasteiger partial charge < -0.3 is 15.2 Å². The zero-order chi connectivity index (χ0) is 18.8. The van der Waals surface area contributed by atoms with Crippen molar-refractivity contribution in [3.8, 4) is 11.5 Å². The maximum atomic E-state index is 11.4. The van der Waals surface area contributed by atoms with Crippen LogP contribution < -0.4 is 10.1 Å². The first-order valence-electron chi connectivity index (χ1n) is 8.19. The van der Waals surface area contributed by atoms with E-state index in [0.717, 1.165) is 33.9 Å². The van der Waals surface area contributed by atoms with Gasteiger partial charge in [-0.3, -0.25) is 0 Å². The largest absolute Gasteiger partial charge is 0.477 e. The number of ether oxygens (including phenoxy) is 1. The number of para-hydroxylation sites is 1. The summed E-state index contributed by atoms with van der Waals surface area (Å²) in [6.07, 6.45) is 1.43. The molecule has 0 spiro atoms. The number of aryl methyl sites for hydroxylation is 1. The second-order valence-corrected chi connectivity index (χ2v) is 6.83.